The van der Waals surface area contributed by atoms with Crippen LogP contribution in [0.2, 0.25) is 5.32 Å². The van der Waals surface area contributed by atoms with Gasteiger partial charge in [0.15, 0.2) is 0 Å². The van der Waals surface area contributed by atoms with Crippen LogP contribution in [-0.4, -0.2) is 15.0 Å². The molecular formula is C5H6Se. The minimum absolute atomic E-state index is 0.786. The quantitative estimate of drug-likeness (QED) is 0.449. The van der Waals surface area contributed by atoms with Gasteiger partial charge in [0.05, 0.1) is 0 Å². The van der Waals surface area contributed by atoms with E-state index in [1.165, 1.54) is 5.32 Å². The first-order valence-electron chi connectivity index (χ1n) is 1.93. The molecule has 0 spiro atoms. The molecule has 0 saturated carbocycles. The molecule has 6 heavy (non-hydrogen) atoms. The van der Waals surface area contributed by atoms with Crippen LogP contribution in [0.5, 0.6) is 0 Å². The number of rotatable bonds is 0. The van der Waals surface area contributed by atoms with E-state index >= 15 is 0 Å². The Hall–Kier alpha value is -0.000519. The van der Waals surface area contributed by atoms with Crippen molar-refractivity contribution < 1.29 is 0 Å². The van der Waals surface area contributed by atoms with Crippen LogP contribution in [0.4, 0.5) is 0 Å². The van der Waals surface area contributed by atoms with E-state index in [4.69, 9.17) is 0 Å². The van der Waals surface area contributed by atoms with E-state index in [1.807, 2.05) is 0 Å². The van der Waals surface area contributed by atoms with Crippen molar-refractivity contribution in [2.75, 3.05) is 0 Å². The maximum absolute atomic E-state index is 2.24. The van der Waals surface area contributed by atoms with Crippen molar-refractivity contribution in [3.8, 4) is 0 Å². The normalized spacial score (nSPS) is 18.7. The van der Waals surface area contributed by atoms with Crippen LogP contribution in [0, 0.1) is 0 Å². The molecule has 1 rings (SSSR count). The summed E-state index contributed by atoms with van der Waals surface area (Å²) in [6.07, 6.45) is 6.43. The topological polar surface area (TPSA) is 0 Å². The maximum atomic E-state index is 2.24. The van der Waals surface area contributed by atoms with E-state index in [0.717, 1.165) is 15.0 Å². The van der Waals surface area contributed by atoms with E-state index in [1.54, 1.807) is 0 Å². The Kier molecular flexibility index (Phi) is 1.54. The van der Waals surface area contributed by atoms with Gasteiger partial charge in [-0.25, -0.2) is 0 Å². The zero-order valence-corrected chi connectivity index (χ0v) is 5.14. The minimum atomic E-state index is 0.786. The molecule has 1 heterocycles. The molecule has 0 aliphatic carbocycles. The van der Waals surface area contributed by atoms with Crippen LogP contribution in [0.15, 0.2) is 23.2 Å². The Balaban J connectivity index is 2.46. The van der Waals surface area contributed by atoms with Gasteiger partial charge in [-0.1, -0.05) is 0 Å². The van der Waals surface area contributed by atoms with Crippen molar-refractivity contribution in [2.45, 2.75) is 5.32 Å². The summed E-state index contributed by atoms with van der Waals surface area (Å²) in [5.41, 5.74) is 0. The Bertz CT molecular complexity index is 69.9. The molecule has 0 aromatic carbocycles. The van der Waals surface area contributed by atoms with Crippen molar-refractivity contribution >= 4 is 15.0 Å². The van der Waals surface area contributed by atoms with Gasteiger partial charge in [-0.15, -0.1) is 0 Å². The summed E-state index contributed by atoms with van der Waals surface area (Å²) in [5, 5.41) is 1.30. The molecule has 0 aromatic rings. The molecule has 0 unspecified atom stereocenters. The molecule has 0 N–H and O–H groups in total. The first-order valence-corrected chi connectivity index (χ1v) is 4.13. The van der Waals surface area contributed by atoms with Crippen molar-refractivity contribution in [3.05, 3.63) is 23.2 Å². The second-order valence-electron chi connectivity index (χ2n) is 1.09. The zero-order valence-electron chi connectivity index (χ0n) is 3.42. The summed E-state index contributed by atoms with van der Waals surface area (Å²) in [6, 6.07) is 0. The van der Waals surface area contributed by atoms with Gasteiger partial charge in [0.1, 0.15) is 0 Å². The fourth-order valence-corrected chi connectivity index (χ4v) is 1.47. The van der Waals surface area contributed by atoms with Crippen LogP contribution in [-0.2, 0) is 0 Å². The molecular weight excluding hydrogens is 139 g/mol. The Morgan fingerprint density at radius 3 is 2.50 bits per heavy atom. The average Bonchev–Trinajstić information content (AvgIpc) is 1.72. The van der Waals surface area contributed by atoms with Crippen molar-refractivity contribution in [1.82, 2.24) is 0 Å². The summed E-state index contributed by atoms with van der Waals surface area (Å²) < 4.78 is 0. The van der Waals surface area contributed by atoms with Crippen LogP contribution < -0.4 is 0 Å². The van der Waals surface area contributed by atoms with Crippen molar-refractivity contribution in [3.63, 3.8) is 0 Å². The van der Waals surface area contributed by atoms with E-state index in [9.17, 15) is 0 Å². The molecule has 1 heteroatoms. The molecule has 0 radical (unpaired) electrons. The summed E-state index contributed by atoms with van der Waals surface area (Å²) in [6.45, 7) is 0. The van der Waals surface area contributed by atoms with Gasteiger partial charge in [0, 0.05) is 0 Å². The predicted octanol–water partition coefficient (Wildman–Crippen LogP) is 1.19. The molecule has 1 aliphatic heterocycles. The monoisotopic (exact) mass is 146 g/mol. The second kappa shape index (κ2) is 2.22. The number of hydrogen-bond donors (Lipinski definition) is 0. The SMILES string of the molecule is C1=CC[Se]C=C1. The molecule has 0 fully saturated rings. The van der Waals surface area contributed by atoms with Crippen LogP contribution in [0.1, 0.15) is 0 Å². The standard InChI is InChI=1S/C5H6Se/c1-2-4-6-5-3-1/h1-4H,5H2. The average molecular weight is 145 g/mol. The first kappa shape index (κ1) is 4.17. The molecule has 0 saturated heterocycles. The van der Waals surface area contributed by atoms with E-state index in [-0.39, 0.29) is 0 Å². The fourth-order valence-electron chi connectivity index (χ4n) is 0.346. The molecule has 0 aromatic heterocycles. The van der Waals surface area contributed by atoms with Gasteiger partial charge in [-0.05, 0) is 0 Å². The summed E-state index contributed by atoms with van der Waals surface area (Å²) in [7, 11) is 0. The third kappa shape index (κ3) is 1.000. The van der Waals surface area contributed by atoms with Crippen LogP contribution in [0.3, 0.4) is 0 Å². The van der Waals surface area contributed by atoms with Gasteiger partial charge in [0.2, 0.25) is 0 Å². The van der Waals surface area contributed by atoms with Gasteiger partial charge >= 0.3 is 43.5 Å². The van der Waals surface area contributed by atoms with Crippen LogP contribution >= 0.6 is 0 Å². The zero-order chi connectivity index (χ0) is 4.24. The summed E-state index contributed by atoms with van der Waals surface area (Å²) in [4.78, 5) is 2.24. The first-order chi connectivity index (χ1) is 3.00. The molecule has 0 bridgehead atoms. The van der Waals surface area contributed by atoms with Gasteiger partial charge < -0.3 is 0 Å². The third-order valence-corrected chi connectivity index (χ3v) is 2.16. The molecule has 0 nitrogen and oxygen atoms in total. The Morgan fingerprint density at radius 1 is 1.33 bits per heavy atom. The summed E-state index contributed by atoms with van der Waals surface area (Å²) in [5.74, 6) is 0. The van der Waals surface area contributed by atoms with Crippen molar-refractivity contribution in [2.24, 2.45) is 0 Å². The van der Waals surface area contributed by atoms with E-state index in [0.29, 0.717) is 0 Å². The van der Waals surface area contributed by atoms with E-state index < -0.39 is 0 Å². The van der Waals surface area contributed by atoms with Crippen molar-refractivity contribution in [1.29, 1.82) is 0 Å². The van der Waals surface area contributed by atoms with Crippen LogP contribution in [0.25, 0.3) is 0 Å². The molecule has 0 amide bonds. The number of allylic oxidation sites excluding steroid dienone is 3. The molecule has 32 valence electrons. The van der Waals surface area contributed by atoms with Gasteiger partial charge in [-0.3, -0.25) is 0 Å². The predicted molar refractivity (Wildman–Crippen MR) is 28.8 cm³/mol. The molecule has 0 atom stereocenters. The Labute approximate surface area is 44.1 Å². The Morgan fingerprint density at radius 2 is 2.33 bits per heavy atom. The fraction of sp³-hybridized carbons (Fsp3) is 0.200. The third-order valence-electron chi connectivity index (χ3n) is 0.614. The number of hydrogen-bond acceptors (Lipinski definition) is 0. The van der Waals surface area contributed by atoms with Gasteiger partial charge in [0.25, 0.3) is 0 Å². The second-order valence-corrected chi connectivity index (χ2v) is 3.06. The summed E-state index contributed by atoms with van der Waals surface area (Å²) >= 11 is 0.786. The van der Waals surface area contributed by atoms with E-state index in [2.05, 4.69) is 23.2 Å². The van der Waals surface area contributed by atoms with Gasteiger partial charge in [-0.2, -0.15) is 0 Å². The molecule has 1 aliphatic rings.